The first-order valence-electron chi connectivity index (χ1n) is 19.7. The number of ether oxygens (including phenoxy) is 6. The molecular weight excluding hydrogens is 817 g/mol. The van der Waals surface area contributed by atoms with Gasteiger partial charge in [0.1, 0.15) is 46.0 Å². The lowest BCUT2D eigenvalue weighted by Gasteiger charge is -2.38. The van der Waals surface area contributed by atoms with E-state index < -0.39 is 35.7 Å². The number of esters is 4. The average Bonchev–Trinajstić information content (AvgIpc) is 3.33. The van der Waals surface area contributed by atoms with E-state index in [0.717, 1.165) is 22.3 Å². The molecule has 0 bridgehead atoms. The first-order chi connectivity index (χ1) is 31.3. The van der Waals surface area contributed by atoms with Crippen LogP contribution in [0.2, 0.25) is 0 Å². The van der Waals surface area contributed by atoms with Crippen molar-refractivity contribution in [2.45, 2.75) is 11.8 Å². The zero-order chi connectivity index (χ0) is 43.6. The second-order valence-electron chi connectivity index (χ2n) is 14.5. The van der Waals surface area contributed by atoms with E-state index in [1.807, 2.05) is 24.3 Å². The number of hydrogen-bond donors (Lipinski definition) is 0. The van der Waals surface area contributed by atoms with Crippen LogP contribution in [-0.4, -0.2) is 43.8 Å². The molecule has 0 unspecified atom stereocenters. The summed E-state index contributed by atoms with van der Waals surface area (Å²) in [6.07, 6.45) is 11.9. The Hall–Kier alpha value is -9.04. The SMILES string of the molecule is O=C(Oc1ccc2c(c1)Oc1cc(OC(=O)c3cccnc3)ccc1C2C1c2ccc(OC(=O)c3cccnc3)cc2Oc2cc(OC(=O)c3cccnc3)ccc21)c1cccnc1. The Morgan fingerprint density at radius 3 is 0.828 bits per heavy atom. The van der Waals surface area contributed by atoms with Crippen LogP contribution in [-0.2, 0) is 0 Å². The van der Waals surface area contributed by atoms with Gasteiger partial charge in [0.15, 0.2) is 0 Å². The highest BCUT2D eigenvalue weighted by molar-refractivity contribution is 5.92. The quantitative estimate of drug-likeness (QED) is 0.0992. The molecule has 10 rings (SSSR count). The van der Waals surface area contributed by atoms with E-state index in [2.05, 4.69) is 19.9 Å². The van der Waals surface area contributed by atoms with Crippen LogP contribution in [0.25, 0.3) is 0 Å². The van der Waals surface area contributed by atoms with Crippen LogP contribution >= 0.6 is 0 Å². The van der Waals surface area contributed by atoms with Gasteiger partial charge in [0.2, 0.25) is 0 Å². The number of nitrogens with zero attached hydrogens (tertiary/aromatic N) is 4. The molecule has 4 aromatic heterocycles. The van der Waals surface area contributed by atoms with Gasteiger partial charge in [-0.05, 0) is 72.8 Å². The summed E-state index contributed by atoms with van der Waals surface area (Å²) in [4.78, 5) is 68.7. The van der Waals surface area contributed by atoms with Gasteiger partial charge in [-0.3, -0.25) is 19.9 Å². The van der Waals surface area contributed by atoms with Crippen LogP contribution in [0.4, 0.5) is 0 Å². The molecule has 0 saturated heterocycles. The van der Waals surface area contributed by atoms with Gasteiger partial charge in [0.25, 0.3) is 0 Å². The summed E-state index contributed by atoms with van der Waals surface area (Å²) in [6.45, 7) is 0. The summed E-state index contributed by atoms with van der Waals surface area (Å²) < 4.78 is 36.3. The molecule has 0 N–H and O–H groups in total. The van der Waals surface area contributed by atoms with Crippen molar-refractivity contribution in [1.29, 1.82) is 0 Å². The van der Waals surface area contributed by atoms with Gasteiger partial charge in [-0.2, -0.15) is 0 Å². The van der Waals surface area contributed by atoms with Gasteiger partial charge in [0.05, 0.1) is 22.3 Å². The van der Waals surface area contributed by atoms with E-state index in [-0.39, 0.29) is 45.3 Å². The predicted octanol–water partition coefficient (Wildman–Crippen LogP) is 9.32. The molecule has 0 radical (unpaired) electrons. The molecular formula is C50H30N4O10. The van der Waals surface area contributed by atoms with Crippen LogP contribution < -0.4 is 28.4 Å². The highest BCUT2D eigenvalue weighted by Gasteiger charge is 2.41. The number of carbonyl (C=O) groups is 4. The minimum atomic E-state index is -0.613. The normalized spacial score (nSPS) is 12.4. The number of pyridine rings is 4. The van der Waals surface area contributed by atoms with Crippen LogP contribution in [0.3, 0.4) is 0 Å². The Kier molecular flexibility index (Phi) is 10.3. The van der Waals surface area contributed by atoms with Gasteiger partial charge in [-0.15, -0.1) is 0 Å². The Bertz CT molecular complexity index is 2680. The van der Waals surface area contributed by atoms with E-state index in [0.29, 0.717) is 23.0 Å². The fourth-order valence-corrected chi connectivity index (χ4v) is 7.58. The summed E-state index contributed by atoms with van der Waals surface area (Å²) in [6, 6.07) is 33.5. The summed E-state index contributed by atoms with van der Waals surface area (Å²) in [5, 5.41) is 0. The number of rotatable bonds is 9. The van der Waals surface area contributed by atoms with E-state index in [1.165, 1.54) is 24.8 Å². The molecule has 8 aromatic rings. The van der Waals surface area contributed by atoms with Gasteiger partial charge >= 0.3 is 23.9 Å². The minimum Gasteiger partial charge on any atom is -0.456 e. The molecule has 6 heterocycles. The lowest BCUT2D eigenvalue weighted by atomic mass is 9.71. The zero-order valence-corrected chi connectivity index (χ0v) is 33.2. The fourth-order valence-electron chi connectivity index (χ4n) is 7.58. The van der Waals surface area contributed by atoms with Crippen LogP contribution in [0.5, 0.6) is 46.0 Å². The van der Waals surface area contributed by atoms with Gasteiger partial charge in [-0.1, -0.05) is 24.3 Å². The monoisotopic (exact) mass is 846 g/mol. The molecule has 0 spiro atoms. The highest BCUT2D eigenvalue weighted by Crippen LogP contribution is 2.59. The molecule has 14 nitrogen and oxygen atoms in total. The Balaban J connectivity index is 1.08. The first-order valence-corrected chi connectivity index (χ1v) is 19.7. The Morgan fingerprint density at radius 2 is 0.609 bits per heavy atom. The molecule has 0 fully saturated rings. The smallest absolute Gasteiger partial charge is 0.345 e. The van der Waals surface area contributed by atoms with E-state index in [4.69, 9.17) is 28.4 Å². The van der Waals surface area contributed by atoms with Gasteiger partial charge in [0, 0.05) is 108 Å². The van der Waals surface area contributed by atoms with Crippen molar-refractivity contribution < 1.29 is 47.6 Å². The second-order valence-corrected chi connectivity index (χ2v) is 14.5. The summed E-state index contributed by atoms with van der Waals surface area (Å²) in [5.41, 5.74) is 3.92. The molecule has 0 atom stereocenters. The first kappa shape index (κ1) is 39.1. The van der Waals surface area contributed by atoms with E-state index in [1.54, 1.807) is 122 Å². The van der Waals surface area contributed by atoms with Crippen LogP contribution in [0.1, 0.15) is 75.5 Å². The maximum absolute atomic E-state index is 13.1. The Morgan fingerprint density at radius 1 is 0.359 bits per heavy atom. The Labute approximate surface area is 363 Å². The van der Waals surface area contributed by atoms with Gasteiger partial charge < -0.3 is 28.4 Å². The van der Waals surface area contributed by atoms with Crippen molar-refractivity contribution >= 4 is 23.9 Å². The number of carbonyl (C=O) groups excluding carboxylic acids is 4. The lowest BCUT2D eigenvalue weighted by molar-refractivity contribution is 0.0723. The third-order valence-electron chi connectivity index (χ3n) is 10.5. The van der Waals surface area contributed by atoms with Crippen molar-refractivity contribution in [2.24, 2.45) is 0 Å². The van der Waals surface area contributed by atoms with E-state index in [9.17, 15) is 19.2 Å². The zero-order valence-electron chi connectivity index (χ0n) is 33.2. The summed E-state index contributed by atoms with van der Waals surface area (Å²) in [5.74, 6) is -1.21. The maximum Gasteiger partial charge on any atom is 0.345 e. The molecule has 0 amide bonds. The molecule has 310 valence electrons. The highest BCUT2D eigenvalue weighted by atomic mass is 16.6. The largest absolute Gasteiger partial charge is 0.456 e. The molecule has 4 aromatic carbocycles. The van der Waals surface area contributed by atoms with Crippen molar-refractivity contribution in [3.8, 4) is 46.0 Å². The maximum atomic E-state index is 13.1. The fraction of sp³-hybridized carbons (Fsp3) is 0.0400. The van der Waals surface area contributed by atoms with Crippen molar-refractivity contribution in [2.75, 3.05) is 0 Å². The average molecular weight is 847 g/mol. The number of benzene rings is 4. The third-order valence-corrected chi connectivity index (χ3v) is 10.5. The number of aromatic nitrogens is 4. The standard InChI is InChI=1S/C50H30N4O10/c55-47(29-5-1-17-51-25-29)59-33-9-13-37-41(21-33)63-42-22-34(60-48(56)30-6-2-18-52-26-30)10-14-38(42)45(37)46-39-15-11-35(61-49(57)31-7-3-19-53-27-31)23-43(39)64-44-24-36(12-16-40(44)46)62-50(58)32-8-4-20-54-28-32/h1-28,45-46H. The summed E-state index contributed by atoms with van der Waals surface area (Å²) in [7, 11) is 0. The molecule has 14 heteroatoms. The van der Waals surface area contributed by atoms with Crippen molar-refractivity contribution in [3.05, 3.63) is 215 Å². The third kappa shape index (κ3) is 7.85. The minimum absolute atomic E-state index is 0.210. The molecule has 0 saturated carbocycles. The molecule has 2 aliphatic rings. The molecule has 0 aliphatic carbocycles. The van der Waals surface area contributed by atoms with E-state index >= 15 is 0 Å². The lowest BCUT2D eigenvalue weighted by Crippen LogP contribution is -2.22. The van der Waals surface area contributed by atoms with Crippen LogP contribution in [0, 0.1) is 0 Å². The second kappa shape index (κ2) is 16.8. The molecule has 64 heavy (non-hydrogen) atoms. The number of fused-ring (bicyclic) bond motifs is 4. The predicted molar refractivity (Wildman–Crippen MR) is 226 cm³/mol. The van der Waals surface area contributed by atoms with Crippen molar-refractivity contribution in [3.63, 3.8) is 0 Å². The number of hydrogen-bond acceptors (Lipinski definition) is 14. The molecule has 2 aliphatic heterocycles. The topological polar surface area (TPSA) is 175 Å². The van der Waals surface area contributed by atoms with Gasteiger partial charge in [-0.25, -0.2) is 19.2 Å². The van der Waals surface area contributed by atoms with Crippen molar-refractivity contribution in [1.82, 2.24) is 19.9 Å². The van der Waals surface area contributed by atoms with Crippen LogP contribution in [0.15, 0.2) is 171 Å². The summed E-state index contributed by atoms with van der Waals surface area (Å²) >= 11 is 0.